The molecule has 23 heavy (non-hydrogen) atoms. The van der Waals surface area contributed by atoms with Crippen LogP contribution in [0.3, 0.4) is 0 Å². The SMILES string of the molecule is CN(C)c1ccc(C=CC=[N+]([O-])c2cccc(C(=O)O)c2)cc1. The molecule has 1 N–H and O–H groups in total. The summed E-state index contributed by atoms with van der Waals surface area (Å²) in [5.41, 5.74) is 2.43. The Balaban J connectivity index is 2.12. The molecule has 2 aromatic carbocycles. The minimum absolute atomic E-state index is 0.0833. The van der Waals surface area contributed by atoms with Crippen molar-refractivity contribution in [2.75, 3.05) is 19.0 Å². The first-order chi connectivity index (χ1) is 11.0. The van der Waals surface area contributed by atoms with E-state index in [9.17, 15) is 10.0 Å². The molecule has 0 aliphatic carbocycles. The average Bonchev–Trinajstić information content (AvgIpc) is 2.55. The van der Waals surface area contributed by atoms with E-state index in [1.54, 1.807) is 18.2 Å². The third-order valence-electron chi connectivity index (χ3n) is 3.27. The van der Waals surface area contributed by atoms with Crippen LogP contribution in [-0.4, -0.2) is 36.1 Å². The number of hydrogen-bond acceptors (Lipinski definition) is 3. The molecule has 118 valence electrons. The van der Waals surface area contributed by atoms with Gasteiger partial charge in [-0.2, -0.15) is 4.74 Å². The lowest BCUT2D eigenvalue weighted by molar-refractivity contribution is -0.354. The standard InChI is InChI=1S/C18H18N2O3/c1-19(2)16-10-8-14(9-11-16)5-4-12-20(23)17-7-3-6-15(13-17)18(21)22/h3-13H,1-2H3,(H,21,22). The molecule has 0 aliphatic rings. The van der Waals surface area contributed by atoms with Crippen LogP contribution in [0, 0.1) is 5.21 Å². The Morgan fingerprint density at radius 2 is 1.87 bits per heavy atom. The quantitative estimate of drug-likeness (QED) is 0.398. The van der Waals surface area contributed by atoms with Gasteiger partial charge in [0.2, 0.25) is 5.69 Å². The molecule has 0 aliphatic heterocycles. The Hall–Kier alpha value is -3.08. The summed E-state index contributed by atoms with van der Waals surface area (Å²) in [6, 6.07) is 13.8. The zero-order valence-electron chi connectivity index (χ0n) is 13.0. The van der Waals surface area contributed by atoms with Gasteiger partial charge in [-0.05, 0) is 29.8 Å². The number of allylic oxidation sites excluding steroid dienone is 1. The maximum absolute atomic E-state index is 12.0. The van der Waals surface area contributed by atoms with E-state index < -0.39 is 5.97 Å². The average molecular weight is 310 g/mol. The van der Waals surface area contributed by atoms with E-state index in [4.69, 9.17) is 5.11 Å². The van der Waals surface area contributed by atoms with E-state index in [1.165, 1.54) is 18.3 Å². The van der Waals surface area contributed by atoms with Gasteiger partial charge < -0.3 is 15.2 Å². The number of anilines is 1. The highest BCUT2D eigenvalue weighted by molar-refractivity contribution is 5.88. The van der Waals surface area contributed by atoms with Crippen LogP contribution in [0.1, 0.15) is 15.9 Å². The third kappa shape index (κ3) is 4.44. The van der Waals surface area contributed by atoms with E-state index in [0.29, 0.717) is 4.74 Å². The van der Waals surface area contributed by atoms with Gasteiger partial charge in [-0.1, -0.05) is 18.2 Å². The molecule has 2 rings (SSSR count). The Bertz CT molecular complexity index is 747. The van der Waals surface area contributed by atoms with Crippen LogP contribution < -0.4 is 4.90 Å². The molecule has 0 bridgehead atoms. The lowest BCUT2D eigenvalue weighted by atomic mass is 10.2. The smallest absolute Gasteiger partial charge is 0.335 e. The van der Waals surface area contributed by atoms with Crippen molar-refractivity contribution in [1.82, 2.24) is 0 Å². The predicted molar refractivity (Wildman–Crippen MR) is 92.6 cm³/mol. The Morgan fingerprint density at radius 3 is 2.48 bits per heavy atom. The van der Waals surface area contributed by atoms with E-state index >= 15 is 0 Å². The molecule has 0 unspecified atom stereocenters. The monoisotopic (exact) mass is 310 g/mol. The van der Waals surface area contributed by atoms with Gasteiger partial charge >= 0.3 is 5.97 Å². The lowest BCUT2D eigenvalue weighted by Gasteiger charge is -2.11. The maximum Gasteiger partial charge on any atom is 0.335 e. The number of nitrogens with zero attached hydrogens (tertiary/aromatic N) is 2. The topological polar surface area (TPSA) is 66.6 Å². The first-order valence-electron chi connectivity index (χ1n) is 7.06. The summed E-state index contributed by atoms with van der Waals surface area (Å²) in [4.78, 5) is 12.9. The highest BCUT2D eigenvalue weighted by Gasteiger charge is 2.06. The molecule has 0 saturated carbocycles. The van der Waals surface area contributed by atoms with Crippen molar-refractivity contribution in [2.45, 2.75) is 0 Å². The summed E-state index contributed by atoms with van der Waals surface area (Å²) in [5.74, 6) is -1.06. The molecule has 2 aromatic rings. The van der Waals surface area contributed by atoms with Crippen molar-refractivity contribution in [3.05, 3.63) is 70.9 Å². The minimum Gasteiger partial charge on any atom is -0.618 e. The molecule has 0 atom stereocenters. The minimum atomic E-state index is -1.06. The van der Waals surface area contributed by atoms with Gasteiger partial charge in [0, 0.05) is 38.0 Å². The first kappa shape index (κ1) is 16.3. The summed E-state index contributed by atoms with van der Waals surface area (Å²) >= 11 is 0. The van der Waals surface area contributed by atoms with Crippen LogP contribution >= 0.6 is 0 Å². The van der Waals surface area contributed by atoms with Gasteiger partial charge in [0.05, 0.1) is 5.56 Å². The summed E-state index contributed by atoms with van der Waals surface area (Å²) in [7, 11) is 3.94. The highest BCUT2D eigenvalue weighted by Crippen LogP contribution is 2.14. The Morgan fingerprint density at radius 1 is 1.17 bits per heavy atom. The van der Waals surface area contributed by atoms with Crippen LogP contribution in [0.25, 0.3) is 6.08 Å². The second-order valence-corrected chi connectivity index (χ2v) is 5.18. The molecule has 0 radical (unpaired) electrons. The largest absolute Gasteiger partial charge is 0.618 e. The summed E-state index contributed by atoms with van der Waals surface area (Å²) < 4.78 is 0.636. The molecule has 5 heteroatoms. The third-order valence-corrected chi connectivity index (χ3v) is 3.27. The highest BCUT2D eigenvalue weighted by atomic mass is 16.5. The van der Waals surface area contributed by atoms with Gasteiger partial charge in [0.15, 0.2) is 6.21 Å². The fourth-order valence-corrected chi connectivity index (χ4v) is 1.98. The van der Waals surface area contributed by atoms with E-state index in [-0.39, 0.29) is 11.3 Å². The zero-order chi connectivity index (χ0) is 16.8. The number of benzene rings is 2. The van der Waals surface area contributed by atoms with Crippen molar-refractivity contribution in [2.24, 2.45) is 0 Å². The Labute approximate surface area is 135 Å². The molecular formula is C18H18N2O3. The fraction of sp³-hybridized carbons (Fsp3) is 0.111. The van der Waals surface area contributed by atoms with Crippen molar-refractivity contribution in [3.63, 3.8) is 0 Å². The van der Waals surface area contributed by atoms with Crippen LogP contribution in [0.5, 0.6) is 0 Å². The molecule has 0 heterocycles. The number of rotatable bonds is 5. The van der Waals surface area contributed by atoms with Crippen LogP contribution in [0.4, 0.5) is 11.4 Å². The van der Waals surface area contributed by atoms with Gasteiger partial charge in [-0.25, -0.2) is 4.79 Å². The second kappa shape index (κ2) is 7.26. The fourth-order valence-electron chi connectivity index (χ4n) is 1.98. The van der Waals surface area contributed by atoms with Crippen molar-refractivity contribution in [1.29, 1.82) is 0 Å². The first-order valence-corrected chi connectivity index (χ1v) is 7.06. The van der Waals surface area contributed by atoms with Gasteiger partial charge in [0.1, 0.15) is 0 Å². The van der Waals surface area contributed by atoms with Crippen LogP contribution in [-0.2, 0) is 0 Å². The van der Waals surface area contributed by atoms with Gasteiger partial charge in [-0.3, -0.25) is 0 Å². The zero-order valence-corrected chi connectivity index (χ0v) is 13.0. The Kier molecular flexibility index (Phi) is 5.15. The normalized spacial score (nSPS) is 11.7. The number of aromatic carboxylic acids is 1. The molecule has 0 aromatic heterocycles. The number of carboxylic acid groups (broad SMARTS) is 1. The molecule has 0 spiro atoms. The van der Waals surface area contributed by atoms with E-state index in [0.717, 1.165) is 11.3 Å². The van der Waals surface area contributed by atoms with Crippen LogP contribution in [0.2, 0.25) is 0 Å². The predicted octanol–water partition coefficient (Wildman–Crippen LogP) is 3.38. The van der Waals surface area contributed by atoms with Crippen molar-refractivity contribution in [3.8, 4) is 0 Å². The summed E-state index contributed by atoms with van der Waals surface area (Å²) in [6.07, 6.45) is 4.79. The second-order valence-electron chi connectivity index (χ2n) is 5.18. The number of hydrogen-bond donors (Lipinski definition) is 1. The van der Waals surface area contributed by atoms with Crippen molar-refractivity contribution < 1.29 is 14.6 Å². The summed E-state index contributed by atoms with van der Waals surface area (Å²) in [5, 5.41) is 20.9. The molecule has 0 amide bonds. The summed E-state index contributed by atoms with van der Waals surface area (Å²) in [6.45, 7) is 0. The van der Waals surface area contributed by atoms with Gasteiger partial charge in [0.25, 0.3) is 0 Å². The molecule has 0 saturated heterocycles. The van der Waals surface area contributed by atoms with Gasteiger partial charge in [-0.15, -0.1) is 0 Å². The van der Waals surface area contributed by atoms with E-state index in [1.807, 2.05) is 49.3 Å². The maximum atomic E-state index is 12.0. The van der Waals surface area contributed by atoms with E-state index in [2.05, 4.69) is 0 Å². The molecule has 5 nitrogen and oxygen atoms in total. The molecular weight excluding hydrogens is 292 g/mol. The number of carbonyl (C=O) groups is 1. The number of carboxylic acids is 1. The van der Waals surface area contributed by atoms with Crippen molar-refractivity contribution >= 4 is 29.6 Å². The van der Waals surface area contributed by atoms with Crippen LogP contribution in [0.15, 0.2) is 54.6 Å². The lowest BCUT2D eigenvalue weighted by Crippen LogP contribution is -2.07. The molecule has 0 fully saturated rings.